The van der Waals surface area contributed by atoms with E-state index in [9.17, 15) is 15.8 Å². The summed E-state index contributed by atoms with van der Waals surface area (Å²) in [4.78, 5) is 2.27. The molecule has 1 aliphatic heterocycles. The average Bonchev–Trinajstić information content (AvgIpc) is 2.78. The minimum atomic E-state index is -1.74. The smallest absolute Gasteiger partial charge is 0.189 e. The van der Waals surface area contributed by atoms with E-state index in [1.807, 2.05) is 6.08 Å². The monoisotopic (exact) mass is 403 g/mol. The van der Waals surface area contributed by atoms with Crippen LogP contribution in [0.4, 0.5) is 0 Å². The minimum Gasteiger partial charge on any atom is -0.497 e. The van der Waals surface area contributed by atoms with Crippen molar-refractivity contribution in [2.75, 3.05) is 33.9 Å². The molecule has 3 rings (SSSR count). The first-order valence-electron chi connectivity index (χ1n) is 9.95. The molecule has 1 heterocycles. The Morgan fingerprint density at radius 3 is 2.27 bits per heavy atom. The second kappa shape index (κ2) is 8.57. The van der Waals surface area contributed by atoms with Gasteiger partial charge >= 0.3 is 0 Å². The van der Waals surface area contributed by atoms with Gasteiger partial charge < -0.3 is 14.9 Å². The molecule has 1 aliphatic carbocycles. The number of rotatable bonds is 5. The molecule has 1 fully saturated rings. The zero-order valence-electron chi connectivity index (χ0n) is 17.5. The van der Waals surface area contributed by atoms with E-state index in [0.29, 0.717) is 30.2 Å². The molecule has 0 aromatic heterocycles. The summed E-state index contributed by atoms with van der Waals surface area (Å²) in [5.41, 5.74) is -0.352. The molecule has 1 aromatic carbocycles. The Bertz CT molecular complexity index is 958. The van der Waals surface area contributed by atoms with Crippen LogP contribution in [0.25, 0.3) is 0 Å². The standard InChI is InChI=1S/C23H25N5O2/c1-4-6-28-7-5-18-19(11-24)22(27)23(13-25,14-26)21(20(18)12-28)15-8-16(29-2)10-17(9-15)30-3/h5,8-10,19-21,27H,4,6-7,12H2,1-3H3/t19?,20-,21-/m0/s1. The van der Waals surface area contributed by atoms with Gasteiger partial charge in [0.05, 0.1) is 38.1 Å². The molecule has 1 unspecified atom stereocenters. The van der Waals surface area contributed by atoms with Crippen LogP contribution in [-0.2, 0) is 0 Å². The highest BCUT2D eigenvalue weighted by Crippen LogP contribution is 2.54. The lowest BCUT2D eigenvalue weighted by molar-refractivity contribution is 0.204. The number of nitriles is 3. The van der Waals surface area contributed by atoms with Gasteiger partial charge in [-0.05, 0) is 36.2 Å². The summed E-state index contributed by atoms with van der Waals surface area (Å²) in [7, 11) is 3.09. The van der Waals surface area contributed by atoms with E-state index in [1.54, 1.807) is 32.4 Å². The third-order valence-corrected chi connectivity index (χ3v) is 6.14. The normalized spacial score (nSPS) is 25.1. The summed E-state index contributed by atoms with van der Waals surface area (Å²) in [6, 6.07) is 11.7. The predicted molar refractivity (Wildman–Crippen MR) is 111 cm³/mol. The van der Waals surface area contributed by atoms with Gasteiger partial charge in [0, 0.05) is 31.0 Å². The van der Waals surface area contributed by atoms with Crippen molar-refractivity contribution in [1.82, 2.24) is 4.90 Å². The van der Waals surface area contributed by atoms with Crippen LogP contribution < -0.4 is 9.47 Å². The number of benzene rings is 1. The van der Waals surface area contributed by atoms with Crippen molar-refractivity contribution in [3.05, 3.63) is 35.4 Å². The lowest BCUT2D eigenvalue weighted by Crippen LogP contribution is -2.52. The molecule has 0 amide bonds. The maximum atomic E-state index is 10.2. The van der Waals surface area contributed by atoms with Crippen molar-refractivity contribution in [2.24, 2.45) is 17.3 Å². The van der Waals surface area contributed by atoms with Crippen molar-refractivity contribution in [3.63, 3.8) is 0 Å². The zero-order valence-corrected chi connectivity index (χ0v) is 17.5. The Kier molecular flexibility index (Phi) is 6.11. The second-order valence-electron chi connectivity index (χ2n) is 7.70. The van der Waals surface area contributed by atoms with Gasteiger partial charge in [-0.25, -0.2) is 0 Å². The van der Waals surface area contributed by atoms with Crippen molar-refractivity contribution < 1.29 is 9.47 Å². The molecule has 7 nitrogen and oxygen atoms in total. The lowest BCUT2D eigenvalue weighted by atomic mass is 9.54. The number of fused-ring (bicyclic) bond motifs is 1. The lowest BCUT2D eigenvalue weighted by Gasteiger charge is -2.47. The Labute approximate surface area is 177 Å². The van der Waals surface area contributed by atoms with E-state index in [-0.39, 0.29) is 11.6 Å². The van der Waals surface area contributed by atoms with Gasteiger partial charge in [0.25, 0.3) is 0 Å². The van der Waals surface area contributed by atoms with Gasteiger partial charge in [0.1, 0.15) is 17.4 Å². The fourth-order valence-corrected chi connectivity index (χ4v) is 4.75. The van der Waals surface area contributed by atoms with Crippen LogP contribution in [0, 0.1) is 56.7 Å². The minimum absolute atomic E-state index is 0.145. The van der Waals surface area contributed by atoms with E-state index >= 15 is 0 Å². The molecule has 0 saturated heterocycles. The number of hydrogen-bond donors (Lipinski definition) is 1. The summed E-state index contributed by atoms with van der Waals surface area (Å²) in [6.45, 7) is 4.31. The van der Waals surface area contributed by atoms with E-state index in [4.69, 9.17) is 14.9 Å². The highest BCUT2D eigenvalue weighted by molar-refractivity contribution is 6.00. The van der Waals surface area contributed by atoms with E-state index < -0.39 is 17.3 Å². The van der Waals surface area contributed by atoms with Gasteiger partial charge in [-0.2, -0.15) is 15.8 Å². The summed E-state index contributed by atoms with van der Waals surface area (Å²) in [6.07, 6.45) is 2.99. The Morgan fingerprint density at radius 2 is 1.77 bits per heavy atom. The fraction of sp³-hybridized carbons (Fsp3) is 0.478. The first kappa shape index (κ1) is 21.4. The molecule has 0 spiro atoms. The second-order valence-corrected chi connectivity index (χ2v) is 7.70. The third kappa shape index (κ3) is 3.30. The van der Waals surface area contributed by atoms with Crippen LogP contribution in [0.5, 0.6) is 11.5 Å². The quantitative estimate of drug-likeness (QED) is 0.754. The Morgan fingerprint density at radius 1 is 1.13 bits per heavy atom. The molecule has 1 aromatic rings. The fourth-order valence-electron chi connectivity index (χ4n) is 4.75. The van der Waals surface area contributed by atoms with Crippen molar-refractivity contribution >= 4 is 5.71 Å². The average molecular weight is 403 g/mol. The predicted octanol–water partition coefficient (Wildman–Crippen LogP) is 3.26. The van der Waals surface area contributed by atoms with Crippen molar-refractivity contribution in [3.8, 4) is 29.7 Å². The number of ether oxygens (including phenoxy) is 2. The van der Waals surface area contributed by atoms with Gasteiger partial charge in [-0.1, -0.05) is 13.0 Å². The molecular formula is C23H25N5O2. The molecule has 7 heteroatoms. The van der Waals surface area contributed by atoms with Crippen LogP contribution in [0.1, 0.15) is 24.8 Å². The number of nitrogens with one attached hydrogen (secondary N) is 1. The highest BCUT2D eigenvalue weighted by Gasteiger charge is 2.57. The van der Waals surface area contributed by atoms with Gasteiger partial charge in [0.2, 0.25) is 0 Å². The Balaban J connectivity index is 2.26. The molecule has 0 radical (unpaired) electrons. The first-order chi connectivity index (χ1) is 14.5. The van der Waals surface area contributed by atoms with Gasteiger partial charge in [0.15, 0.2) is 5.41 Å². The van der Waals surface area contributed by atoms with Crippen molar-refractivity contribution in [2.45, 2.75) is 19.3 Å². The zero-order chi connectivity index (χ0) is 21.9. The number of hydrogen-bond acceptors (Lipinski definition) is 7. The van der Waals surface area contributed by atoms with Crippen LogP contribution in [0.15, 0.2) is 29.8 Å². The molecule has 3 atom stereocenters. The summed E-state index contributed by atoms with van der Waals surface area (Å²) < 4.78 is 10.8. The molecule has 1 saturated carbocycles. The largest absolute Gasteiger partial charge is 0.497 e. The SMILES string of the molecule is CCCN1CC=C2C(C#N)C(=N)C(C#N)(C#N)[C@@H](c3cc(OC)cc(OC)c3)[C@H]2C1. The van der Waals surface area contributed by atoms with E-state index in [0.717, 1.165) is 18.5 Å². The Hall–Kier alpha value is -3.34. The van der Waals surface area contributed by atoms with Crippen LogP contribution >= 0.6 is 0 Å². The molecular weight excluding hydrogens is 378 g/mol. The maximum Gasteiger partial charge on any atom is 0.189 e. The van der Waals surface area contributed by atoms with Gasteiger partial charge in [-0.3, -0.25) is 4.90 Å². The molecule has 30 heavy (non-hydrogen) atoms. The number of methoxy groups -OCH3 is 2. The van der Waals surface area contributed by atoms with E-state index in [1.165, 1.54) is 0 Å². The van der Waals surface area contributed by atoms with Crippen LogP contribution in [0.2, 0.25) is 0 Å². The van der Waals surface area contributed by atoms with Crippen molar-refractivity contribution in [1.29, 1.82) is 21.2 Å². The molecule has 1 N–H and O–H groups in total. The molecule has 0 bridgehead atoms. The van der Waals surface area contributed by atoms with Crippen LogP contribution in [-0.4, -0.2) is 44.5 Å². The third-order valence-electron chi connectivity index (χ3n) is 6.14. The summed E-state index contributed by atoms with van der Waals surface area (Å²) in [5.74, 6) is -0.605. The number of nitrogens with zero attached hydrogens (tertiary/aromatic N) is 4. The first-order valence-corrected chi connectivity index (χ1v) is 9.95. The highest BCUT2D eigenvalue weighted by atomic mass is 16.5. The molecule has 2 aliphatic rings. The van der Waals surface area contributed by atoms with E-state index in [2.05, 4.69) is 30.0 Å². The van der Waals surface area contributed by atoms with Gasteiger partial charge in [-0.15, -0.1) is 0 Å². The topological polar surface area (TPSA) is 117 Å². The maximum absolute atomic E-state index is 10.2. The summed E-state index contributed by atoms with van der Waals surface area (Å²) >= 11 is 0. The van der Waals surface area contributed by atoms with Crippen LogP contribution in [0.3, 0.4) is 0 Å². The summed E-state index contributed by atoms with van der Waals surface area (Å²) in [5, 5.41) is 38.8. The molecule has 154 valence electrons.